The fourth-order valence-corrected chi connectivity index (χ4v) is 5.32. The van der Waals surface area contributed by atoms with Gasteiger partial charge >= 0.3 is 0 Å². The summed E-state index contributed by atoms with van der Waals surface area (Å²) in [7, 11) is -3.59. The molecule has 3 N–H and O–H groups in total. The standard InChI is InChI=1S/C24H31N3O3S/c1-17-16-22(28)26-20-14-9-13-19(23(20)25-17)12-6-5-10-18-11-7-8-15-21(18)31(29,30)27-24(2,3)4/h6-9,11-15,17,25,27H,5,10,16H2,1-4H3,(H,26,28)/b12-6+/t17-/m1/s1. The van der Waals surface area contributed by atoms with Crippen LogP contribution in [0, 0.1) is 0 Å². The number of anilines is 2. The fourth-order valence-electron chi connectivity index (χ4n) is 3.63. The molecule has 1 atom stereocenters. The molecule has 0 aliphatic carbocycles. The van der Waals surface area contributed by atoms with E-state index < -0.39 is 15.6 Å². The minimum Gasteiger partial charge on any atom is -0.380 e. The quantitative estimate of drug-likeness (QED) is 0.614. The molecule has 1 aliphatic heterocycles. The number of hydrogen-bond acceptors (Lipinski definition) is 4. The fraction of sp³-hybridized carbons (Fsp3) is 0.375. The van der Waals surface area contributed by atoms with E-state index in [9.17, 15) is 13.2 Å². The lowest BCUT2D eigenvalue weighted by molar-refractivity contribution is -0.116. The van der Waals surface area contributed by atoms with Gasteiger partial charge in [0, 0.05) is 18.0 Å². The van der Waals surface area contributed by atoms with Crippen LogP contribution < -0.4 is 15.4 Å². The first-order valence-electron chi connectivity index (χ1n) is 10.5. The van der Waals surface area contributed by atoms with Gasteiger partial charge in [0.15, 0.2) is 0 Å². The van der Waals surface area contributed by atoms with Crippen molar-refractivity contribution in [2.45, 2.75) is 63.4 Å². The minimum atomic E-state index is -3.59. The summed E-state index contributed by atoms with van der Waals surface area (Å²) in [5, 5.41) is 6.35. The summed E-state index contributed by atoms with van der Waals surface area (Å²) in [4.78, 5) is 12.3. The maximum Gasteiger partial charge on any atom is 0.241 e. The number of fused-ring (bicyclic) bond motifs is 1. The smallest absolute Gasteiger partial charge is 0.241 e. The van der Waals surface area contributed by atoms with Crippen LogP contribution in [0.2, 0.25) is 0 Å². The van der Waals surface area contributed by atoms with E-state index in [-0.39, 0.29) is 11.9 Å². The topological polar surface area (TPSA) is 87.3 Å². The van der Waals surface area contributed by atoms with Crippen molar-refractivity contribution in [2.75, 3.05) is 10.6 Å². The van der Waals surface area contributed by atoms with Crippen LogP contribution in [-0.2, 0) is 21.2 Å². The first-order valence-corrected chi connectivity index (χ1v) is 12.0. The Morgan fingerprint density at radius 3 is 2.61 bits per heavy atom. The second-order valence-electron chi connectivity index (χ2n) is 8.97. The average molecular weight is 442 g/mol. The molecule has 2 aromatic rings. The Balaban J connectivity index is 1.75. The van der Waals surface area contributed by atoms with Gasteiger partial charge in [-0.2, -0.15) is 0 Å². The number of para-hydroxylation sites is 1. The van der Waals surface area contributed by atoms with E-state index in [0.29, 0.717) is 24.2 Å². The third-order valence-electron chi connectivity index (χ3n) is 4.83. The van der Waals surface area contributed by atoms with Gasteiger partial charge in [0.05, 0.1) is 16.3 Å². The van der Waals surface area contributed by atoms with Crippen molar-refractivity contribution in [3.8, 4) is 0 Å². The molecular weight excluding hydrogens is 410 g/mol. The molecule has 31 heavy (non-hydrogen) atoms. The van der Waals surface area contributed by atoms with E-state index in [1.54, 1.807) is 12.1 Å². The summed E-state index contributed by atoms with van der Waals surface area (Å²) in [6.07, 6.45) is 5.77. The zero-order valence-electron chi connectivity index (χ0n) is 18.5. The number of aryl methyl sites for hydroxylation is 1. The van der Waals surface area contributed by atoms with Crippen molar-refractivity contribution in [3.05, 3.63) is 59.7 Å². The van der Waals surface area contributed by atoms with Gasteiger partial charge in [-0.05, 0) is 63.8 Å². The Kier molecular flexibility index (Phi) is 6.86. The molecule has 0 saturated carbocycles. The Bertz CT molecular complexity index is 1090. The molecule has 0 fully saturated rings. The zero-order valence-corrected chi connectivity index (χ0v) is 19.3. The van der Waals surface area contributed by atoms with E-state index in [1.165, 1.54) is 0 Å². The first-order chi connectivity index (χ1) is 14.5. The molecule has 0 radical (unpaired) electrons. The minimum absolute atomic E-state index is 0.00145. The van der Waals surface area contributed by atoms with Gasteiger partial charge in [-0.3, -0.25) is 4.79 Å². The van der Waals surface area contributed by atoms with Crippen LogP contribution in [0.1, 0.15) is 51.7 Å². The van der Waals surface area contributed by atoms with Crippen LogP contribution in [0.3, 0.4) is 0 Å². The summed E-state index contributed by atoms with van der Waals surface area (Å²) < 4.78 is 28.3. The van der Waals surface area contributed by atoms with E-state index in [0.717, 1.165) is 22.5 Å². The second kappa shape index (κ2) is 9.24. The number of hydrogen-bond donors (Lipinski definition) is 3. The maximum atomic E-state index is 12.8. The average Bonchev–Trinajstić information content (AvgIpc) is 2.80. The summed E-state index contributed by atoms with van der Waals surface area (Å²) >= 11 is 0. The summed E-state index contributed by atoms with van der Waals surface area (Å²) in [6.45, 7) is 7.47. The van der Waals surface area contributed by atoms with Gasteiger partial charge in [-0.1, -0.05) is 42.5 Å². The SMILES string of the molecule is C[C@@H]1CC(=O)Nc2cccc(/C=C/CCc3ccccc3S(=O)(=O)NC(C)(C)C)c2N1. The highest BCUT2D eigenvalue weighted by Gasteiger charge is 2.24. The highest BCUT2D eigenvalue weighted by Crippen LogP contribution is 2.31. The number of carbonyl (C=O) groups excluding carboxylic acids is 1. The number of carbonyl (C=O) groups is 1. The number of amides is 1. The van der Waals surface area contributed by atoms with E-state index in [4.69, 9.17) is 0 Å². The van der Waals surface area contributed by atoms with E-state index >= 15 is 0 Å². The summed E-state index contributed by atoms with van der Waals surface area (Å²) in [5.41, 5.74) is 2.92. The van der Waals surface area contributed by atoms with Gasteiger partial charge in [0.25, 0.3) is 0 Å². The van der Waals surface area contributed by atoms with Crippen molar-refractivity contribution in [1.29, 1.82) is 0 Å². The number of benzene rings is 2. The van der Waals surface area contributed by atoms with Crippen LogP contribution in [0.15, 0.2) is 53.4 Å². The van der Waals surface area contributed by atoms with Gasteiger partial charge < -0.3 is 10.6 Å². The normalized spacial score (nSPS) is 17.0. The monoisotopic (exact) mass is 441 g/mol. The van der Waals surface area contributed by atoms with E-state index in [2.05, 4.69) is 15.4 Å². The molecule has 0 aromatic heterocycles. The van der Waals surface area contributed by atoms with Crippen molar-refractivity contribution < 1.29 is 13.2 Å². The summed E-state index contributed by atoms with van der Waals surface area (Å²) in [6, 6.07) is 13.0. The van der Waals surface area contributed by atoms with Crippen LogP contribution in [-0.4, -0.2) is 25.9 Å². The van der Waals surface area contributed by atoms with Gasteiger partial charge in [0.1, 0.15) is 0 Å². The molecule has 1 aliphatic rings. The molecule has 0 bridgehead atoms. The third-order valence-corrected chi connectivity index (χ3v) is 6.69. The Morgan fingerprint density at radius 2 is 1.87 bits per heavy atom. The van der Waals surface area contributed by atoms with Crippen LogP contribution in [0.5, 0.6) is 0 Å². The Labute approximate surface area is 185 Å². The molecule has 7 heteroatoms. The molecule has 2 aromatic carbocycles. The molecule has 1 heterocycles. The second-order valence-corrected chi connectivity index (χ2v) is 10.6. The zero-order chi connectivity index (χ0) is 22.6. The van der Waals surface area contributed by atoms with Gasteiger partial charge in [-0.15, -0.1) is 0 Å². The molecule has 1 amide bonds. The lowest BCUT2D eigenvalue weighted by atomic mass is 10.1. The van der Waals surface area contributed by atoms with Gasteiger partial charge in [-0.25, -0.2) is 13.1 Å². The number of nitrogens with one attached hydrogen (secondary N) is 3. The highest BCUT2D eigenvalue weighted by molar-refractivity contribution is 7.89. The highest BCUT2D eigenvalue weighted by atomic mass is 32.2. The molecule has 0 spiro atoms. The molecule has 0 unspecified atom stereocenters. The van der Waals surface area contributed by atoms with Crippen LogP contribution >= 0.6 is 0 Å². The molecule has 3 rings (SSSR count). The number of allylic oxidation sites excluding steroid dienone is 1. The lowest BCUT2D eigenvalue weighted by Gasteiger charge is -2.21. The van der Waals surface area contributed by atoms with Crippen LogP contribution in [0.25, 0.3) is 6.08 Å². The third kappa shape index (κ3) is 6.18. The maximum absolute atomic E-state index is 12.8. The van der Waals surface area contributed by atoms with Crippen molar-refractivity contribution in [1.82, 2.24) is 4.72 Å². The van der Waals surface area contributed by atoms with E-state index in [1.807, 2.05) is 70.2 Å². The molecular formula is C24H31N3O3S. The predicted octanol–water partition coefficient (Wildman–Crippen LogP) is 4.55. The predicted molar refractivity (Wildman–Crippen MR) is 127 cm³/mol. The Hall–Kier alpha value is -2.64. The van der Waals surface area contributed by atoms with Crippen molar-refractivity contribution in [2.24, 2.45) is 0 Å². The molecule has 166 valence electrons. The lowest BCUT2D eigenvalue weighted by Crippen LogP contribution is -2.40. The molecule has 0 saturated heterocycles. The molecule has 6 nitrogen and oxygen atoms in total. The number of sulfonamides is 1. The Morgan fingerprint density at radius 1 is 1.13 bits per heavy atom. The van der Waals surface area contributed by atoms with Gasteiger partial charge in [0.2, 0.25) is 15.9 Å². The number of rotatable bonds is 6. The largest absolute Gasteiger partial charge is 0.380 e. The van der Waals surface area contributed by atoms with Crippen molar-refractivity contribution >= 4 is 33.4 Å². The van der Waals surface area contributed by atoms with Crippen LogP contribution in [0.4, 0.5) is 11.4 Å². The van der Waals surface area contributed by atoms with Crippen molar-refractivity contribution in [3.63, 3.8) is 0 Å². The first kappa shape index (κ1) is 23.0. The summed E-state index contributed by atoms with van der Waals surface area (Å²) in [5.74, 6) is 0.00145.